The van der Waals surface area contributed by atoms with E-state index in [4.69, 9.17) is 16.7 Å². The molecule has 1 saturated heterocycles. The number of hydrogen-bond donors (Lipinski definition) is 1. The lowest BCUT2D eigenvalue weighted by Crippen LogP contribution is -2.25. The lowest BCUT2D eigenvalue weighted by Gasteiger charge is -2.17. The first-order valence-corrected chi connectivity index (χ1v) is 6.26. The van der Waals surface area contributed by atoms with Crippen LogP contribution in [0, 0.1) is 12.8 Å². The number of aromatic carboxylic acids is 1. The highest BCUT2D eigenvalue weighted by Crippen LogP contribution is 2.27. The van der Waals surface area contributed by atoms with E-state index < -0.39 is 5.97 Å². The molecule has 1 N–H and O–H groups in total. The number of benzene rings is 1. The standard InChI is InChI=1S/C13H14ClNO3/c1-8-2-3-10(5-11(8)13(17)18)15-7-9(6-14)4-12(15)16/h2-3,5,9H,4,6-7H2,1H3,(H,17,18). The monoisotopic (exact) mass is 267 g/mol. The summed E-state index contributed by atoms with van der Waals surface area (Å²) >= 11 is 5.76. The van der Waals surface area contributed by atoms with Crippen molar-refractivity contribution in [2.24, 2.45) is 5.92 Å². The molecule has 0 aromatic heterocycles. The van der Waals surface area contributed by atoms with Crippen LogP contribution in [-0.4, -0.2) is 29.4 Å². The van der Waals surface area contributed by atoms with E-state index in [9.17, 15) is 9.59 Å². The predicted octanol–water partition coefficient (Wildman–Crippen LogP) is 2.28. The molecule has 2 rings (SSSR count). The number of nitrogens with zero attached hydrogens (tertiary/aromatic N) is 1. The van der Waals surface area contributed by atoms with Crippen molar-refractivity contribution >= 4 is 29.2 Å². The molecule has 1 fully saturated rings. The largest absolute Gasteiger partial charge is 0.478 e. The Morgan fingerprint density at radius 1 is 1.56 bits per heavy atom. The van der Waals surface area contributed by atoms with Crippen molar-refractivity contribution in [3.8, 4) is 0 Å². The maximum Gasteiger partial charge on any atom is 0.336 e. The lowest BCUT2D eigenvalue weighted by atomic mass is 10.1. The van der Waals surface area contributed by atoms with Gasteiger partial charge in [-0.3, -0.25) is 4.79 Å². The lowest BCUT2D eigenvalue weighted by molar-refractivity contribution is -0.117. The van der Waals surface area contributed by atoms with Gasteiger partial charge < -0.3 is 10.0 Å². The molecule has 1 unspecified atom stereocenters. The summed E-state index contributed by atoms with van der Waals surface area (Å²) < 4.78 is 0. The van der Waals surface area contributed by atoms with Crippen molar-refractivity contribution in [3.63, 3.8) is 0 Å². The van der Waals surface area contributed by atoms with Crippen LogP contribution in [0.2, 0.25) is 0 Å². The van der Waals surface area contributed by atoms with Crippen molar-refractivity contribution in [1.82, 2.24) is 0 Å². The number of alkyl halides is 1. The van der Waals surface area contributed by atoms with E-state index in [0.717, 1.165) is 0 Å². The van der Waals surface area contributed by atoms with Gasteiger partial charge in [-0.25, -0.2) is 4.79 Å². The van der Waals surface area contributed by atoms with E-state index in [-0.39, 0.29) is 17.4 Å². The van der Waals surface area contributed by atoms with Gasteiger partial charge in [-0.1, -0.05) is 6.07 Å². The Morgan fingerprint density at radius 2 is 2.28 bits per heavy atom. The fourth-order valence-corrected chi connectivity index (χ4v) is 2.35. The normalized spacial score (nSPS) is 19.3. The van der Waals surface area contributed by atoms with Crippen molar-refractivity contribution in [1.29, 1.82) is 0 Å². The molecule has 0 saturated carbocycles. The van der Waals surface area contributed by atoms with Gasteiger partial charge in [-0.2, -0.15) is 0 Å². The number of carbonyl (C=O) groups excluding carboxylic acids is 1. The second-order valence-corrected chi connectivity index (χ2v) is 4.84. The van der Waals surface area contributed by atoms with Gasteiger partial charge in [0, 0.05) is 24.5 Å². The van der Waals surface area contributed by atoms with Crippen molar-refractivity contribution in [2.75, 3.05) is 17.3 Å². The number of carbonyl (C=O) groups is 2. The zero-order chi connectivity index (χ0) is 13.3. The average molecular weight is 268 g/mol. The third-order valence-electron chi connectivity index (χ3n) is 3.19. The van der Waals surface area contributed by atoms with Crippen LogP contribution in [0.3, 0.4) is 0 Å². The molecule has 0 radical (unpaired) electrons. The Bertz CT molecular complexity index is 501. The minimum atomic E-state index is -0.977. The van der Waals surface area contributed by atoms with E-state index in [1.54, 1.807) is 30.0 Å². The van der Waals surface area contributed by atoms with Crippen LogP contribution < -0.4 is 4.90 Å². The number of carboxylic acids is 1. The molecule has 18 heavy (non-hydrogen) atoms. The first kappa shape index (κ1) is 12.9. The van der Waals surface area contributed by atoms with Crippen LogP contribution in [-0.2, 0) is 4.79 Å². The minimum Gasteiger partial charge on any atom is -0.478 e. The molecule has 1 amide bonds. The Labute approximate surface area is 110 Å². The number of carboxylic acid groups (broad SMARTS) is 1. The van der Waals surface area contributed by atoms with Crippen LogP contribution in [0.5, 0.6) is 0 Å². The number of anilines is 1. The molecule has 1 aromatic rings. The zero-order valence-corrected chi connectivity index (χ0v) is 10.8. The van der Waals surface area contributed by atoms with Gasteiger partial charge in [0.15, 0.2) is 0 Å². The van der Waals surface area contributed by atoms with E-state index >= 15 is 0 Å². The van der Waals surface area contributed by atoms with Gasteiger partial charge in [0.1, 0.15) is 0 Å². The molecule has 1 aromatic carbocycles. The summed E-state index contributed by atoms with van der Waals surface area (Å²) in [6, 6.07) is 5.04. The second kappa shape index (κ2) is 4.98. The summed E-state index contributed by atoms with van der Waals surface area (Å²) in [5.74, 6) is -0.385. The molecule has 1 aliphatic rings. The topological polar surface area (TPSA) is 57.6 Å². The van der Waals surface area contributed by atoms with E-state index in [1.165, 1.54) is 0 Å². The van der Waals surface area contributed by atoms with Gasteiger partial charge in [0.25, 0.3) is 0 Å². The Hall–Kier alpha value is -1.55. The van der Waals surface area contributed by atoms with Crippen LogP contribution in [0.1, 0.15) is 22.3 Å². The highest BCUT2D eigenvalue weighted by molar-refractivity contribution is 6.18. The van der Waals surface area contributed by atoms with Gasteiger partial charge in [0.05, 0.1) is 5.56 Å². The Kier molecular flexibility index (Phi) is 3.57. The predicted molar refractivity (Wildman–Crippen MR) is 69.3 cm³/mol. The Morgan fingerprint density at radius 3 is 2.83 bits per heavy atom. The number of aryl methyl sites for hydroxylation is 1. The van der Waals surface area contributed by atoms with Gasteiger partial charge in [-0.05, 0) is 30.5 Å². The molecule has 96 valence electrons. The molecular formula is C13H14ClNO3. The summed E-state index contributed by atoms with van der Waals surface area (Å²) in [4.78, 5) is 24.5. The minimum absolute atomic E-state index is 0.000779. The molecule has 4 nitrogen and oxygen atoms in total. The summed E-state index contributed by atoms with van der Waals surface area (Å²) in [7, 11) is 0. The van der Waals surface area contributed by atoms with Crippen LogP contribution >= 0.6 is 11.6 Å². The van der Waals surface area contributed by atoms with Crippen LogP contribution in [0.4, 0.5) is 5.69 Å². The molecule has 1 atom stereocenters. The maximum atomic E-state index is 11.8. The molecular weight excluding hydrogens is 254 g/mol. The highest BCUT2D eigenvalue weighted by atomic mass is 35.5. The van der Waals surface area contributed by atoms with Gasteiger partial charge >= 0.3 is 5.97 Å². The SMILES string of the molecule is Cc1ccc(N2CC(CCl)CC2=O)cc1C(=O)O. The smallest absolute Gasteiger partial charge is 0.336 e. The first-order valence-electron chi connectivity index (χ1n) is 5.73. The van der Waals surface area contributed by atoms with Gasteiger partial charge in [0.2, 0.25) is 5.91 Å². The Balaban J connectivity index is 2.32. The average Bonchev–Trinajstić information content (AvgIpc) is 2.71. The second-order valence-electron chi connectivity index (χ2n) is 4.53. The molecule has 0 aliphatic carbocycles. The summed E-state index contributed by atoms with van der Waals surface area (Å²) in [6.07, 6.45) is 0.430. The molecule has 0 bridgehead atoms. The number of amides is 1. The fourth-order valence-electron chi connectivity index (χ4n) is 2.14. The fraction of sp³-hybridized carbons (Fsp3) is 0.385. The quantitative estimate of drug-likeness (QED) is 0.855. The number of hydrogen-bond acceptors (Lipinski definition) is 2. The molecule has 5 heteroatoms. The van der Waals surface area contributed by atoms with Crippen LogP contribution in [0.15, 0.2) is 18.2 Å². The van der Waals surface area contributed by atoms with Crippen LogP contribution in [0.25, 0.3) is 0 Å². The summed E-state index contributed by atoms with van der Waals surface area (Å²) in [5, 5.41) is 9.07. The zero-order valence-electron chi connectivity index (χ0n) is 10.0. The van der Waals surface area contributed by atoms with Gasteiger partial charge in [-0.15, -0.1) is 11.6 Å². The van der Waals surface area contributed by atoms with E-state index in [0.29, 0.717) is 30.1 Å². The van der Waals surface area contributed by atoms with E-state index in [1.807, 2.05) is 0 Å². The third-order valence-corrected chi connectivity index (χ3v) is 3.62. The highest BCUT2D eigenvalue weighted by Gasteiger charge is 2.30. The van der Waals surface area contributed by atoms with Crippen molar-refractivity contribution in [2.45, 2.75) is 13.3 Å². The molecule has 1 aliphatic heterocycles. The number of rotatable bonds is 3. The third kappa shape index (κ3) is 2.34. The summed E-state index contributed by atoms with van der Waals surface area (Å²) in [6.45, 7) is 2.30. The molecule has 1 heterocycles. The molecule has 0 spiro atoms. The summed E-state index contributed by atoms with van der Waals surface area (Å²) in [5.41, 5.74) is 1.55. The maximum absolute atomic E-state index is 11.8. The number of halogens is 1. The first-order chi connectivity index (χ1) is 8.52. The van der Waals surface area contributed by atoms with Crippen molar-refractivity contribution in [3.05, 3.63) is 29.3 Å². The van der Waals surface area contributed by atoms with Crippen molar-refractivity contribution < 1.29 is 14.7 Å². The van der Waals surface area contributed by atoms with E-state index in [2.05, 4.69) is 0 Å².